The molecule has 0 aromatic heterocycles. The van der Waals surface area contributed by atoms with Gasteiger partial charge < -0.3 is 10.4 Å². The minimum Gasteiger partial charge on any atom is -0.480 e. The second-order valence-corrected chi connectivity index (χ2v) is 4.79. The van der Waals surface area contributed by atoms with Crippen LogP contribution in [0, 0.1) is 6.92 Å². The highest BCUT2D eigenvalue weighted by Crippen LogP contribution is 2.16. The smallest absolute Gasteiger partial charge is 0.325 e. The first-order chi connectivity index (χ1) is 7.90. The molecule has 0 aliphatic carbocycles. The summed E-state index contributed by atoms with van der Waals surface area (Å²) in [6.07, 6.45) is 0.191. The van der Waals surface area contributed by atoms with Crippen molar-refractivity contribution in [2.75, 3.05) is 0 Å². The second kappa shape index (κ2) is 5.82. The zero-order valence-electron chi connectivity index (χ0n) is 9.66. The molecule has 0 aliphatic rings. The summed E-state index contributed by atoms with van der Waals surface area (Å²) >= 11 is 3.34. The first-order valence-corrected chi connectivity index (χ1v) is 5.96. The number of aryl methyl sites for hydroxylation is 1. The maximum atomic E-state index is 11.6. The van der Waals surface area contributed by atoms with E-state index in [9.17, 15) is 9.59 Å². The van der Waals surface area contributed by atoms with E-state index in [4.69, 9.17) is 5.11 Å². The Morgan fingerprint density at radius 3 is 2.65 bits per heavy atom. The third kappa shape index (κ3) is 4.19. The lowest BCUT2D eigenvalue weighted by Crippen LogP contribution is -2.39. The van der Waals surface area contributed by atoms with Crippen LogP contribution in [0.1, 0.15) is 18.1 Å². The Morgan fingerprint density at radius 2 is 2.12 bits per heavy atom. The maximum absolute atomic E-state index is 11.6. The fourth-order valence-corrected chi connectivity index (χ4v) is 1.86. The third-order valence-electron chi connectivity index (χ3n) is 2.40. The summed E-state index contributed by atoms with van der Waals surface area (Å²) in [7, 11) is 0. The summed E-state index contributed by atoms with van der Waals surface area (Å²) in [5, 5.41) is 11.1. The molecule has 92 valence electrons. The lowest BCUT2D eigenvalue weighted by molar-refractivity contribution is -0.141. The minimum absolute atomic E-state index is 0.191. The summed E-state index contributed by atoms with van der Waals surface area (Å²) in [6, 6.07) is 4.77. The van der Waals surface area contributed by atoms with Gasteiger partial charge in [0.05, 0.1) is 6.42 Å². The van der Waals surface area contributed by atoms with Crippen molar-refractivity contribution in [1.29, 1.82) is 0 Å². The first kappa shape index (κ1) is 13.7. The summed E-state index contributed by atoms with van der Waals surface area (Å²) in [6.45, 7) is 3.35. The van der Waals surface area contributed by atoms with E-state index in [0.717, 1.165) is 15.6 Å². The van der Waals surface area contributed by atoms with Crippen LogP contribution in [0.25, 0.3) is 0 Å². The number of benzene rings is 1. The quantitative estimate of drug-likeness (QED) is 0.892. The summed E-state index contributed by atoms with van der Waals surface area (Å²) < 4.78 is 0.957. The van der Waals surface area contributed by atoms with Gasteiger partial charge in [-0.05, 0) is 37.1 Å². The maximum Gasteiger partial charge on any atom is 0.325 e. The van der Waals surface area contributed by atoms with Gasteiger partial charge in [-0.1, -0.05) is 22.0 Å². The summed E-state index contributed by atoms with van der Waals surface area (Å²) in [5.41, 5.74) is 1.89. The fourth-order valence-electron chi connectivity index (χ4n) is 1.38. The van der Waals surface area contributed by atoms with E-state index in [1.54, 1.807) is 0 Å². The van der Waals surface area contributed by atoms with Gasteiger partial charge in [0, 0.05) is 4.47 Å². The van der Waals surface area contributed by atoms with Crippen molar-refractivity contribution >= 4 is 27.8 Å². The highest BCUT2D eigenvalue weighted by Gasteiger charge is 2.14. The minimum atomic E-state index is -1.04. The van der Waals surface area contributed by atoms with E-state index < -0.39 is 12.0 Å². The Hall–Kier alpha value is -1.36. The molecule has 2 N–H and O–H groups in total. The number of nitrogens with one attached hydrogen (secondary N) is 1. The molecule has 1 rings (SSSR count). The van der Waals surface area contributed by atoms with Gasteiger partial charge in [0.1, 0.15) is 6.04 Å². The molecule has 5 heteroatoms. The van der Waals surface area contributed by atoms with Crippen molar-refractivity contribution in [3.63, 3.8) is 0 Å². The molecule has 1 aromatic rings. The molecule has 0 bridgehead atoms. The zero-order valence-corrected chi connectivity index (χ0v) is 11.2. The molecule has 0 spiro atoms. The number of carbonyl (C=O) groups excluding carboxylic acids is 1. The van der Waals surface area contributed by atoms with Gasteiger partial charge in [-0.15, -0.1) is 0 Å². The van der Waals surface area contributed by atoms with Crippen LogP contribution in [0.3, 0.4) is 0 Å². The highest BCUT2D eigenvalue weighted by molar-refractivity contribution is 9.10. The molecule has 0 fully saturated rings. The number of amides is 1. The van der Waals surface area contributed by atoms with Crippen molar-refractivity contribution in [3.8, 4) is 0 Å². The van der Waals surface area contributed by atoms with Crippen LogP contribution in [-0.2, 0) is 16.0 Å². The van der Waals surface area contributed by atoms with Crippen molar-refractivity contribution < 1.29 is 14.7 Å². The molecule has 0 saturated carbocycles. The number of carbonyl (C=O) groups is 2. The van der Waals surface area contributed by atoms with E-state index in [-0.39, 0.29) is 12.3 Å². The predicted octanol–water partition coefficient (Wildman–Crippen LogP) is 1.89. The molecule has 1 aromatic carbocycles. The van der Waals surface area contributed by atoms with Gasteiger partial charge in [0.2, 0.25) is 5.91 Å². The van der Waals surface area contributed by atoms with Gasteiger partial charge in [-0.25, -0.2) is 0 Å². The molecule has 0 radical (unpaired) electrons. The Morgan fingerprint density at radius 1 is 1.47 bits per heavy atom. The van der Waals surface area contributed by atoms with Crippen LogP contribution in [0.4, 0.5) is 0 Å². The molecular weight excluding hydrogens is 286 g/mol. The molecule has 0 aliphatic heterocycles. The first-order valence-electron chi connectivity index (χ1n) is 5.17. The molecule has 0 heterocycles. The van der Waals surface area contributed by atoms with Crippen LogP contribution in [-0.4, -0.2) is 23.0 Å². The number of hydrogen-bond acceptors (Lipinski definition) is 2. The normalized spacial score (nSPS) is 11.9. The van der Waals surface area contributed by atoms with Crippen molar-refractivity contribution in [2.24, 2.45) is 0 Å². The number of halogens is 1. The van der Waals surface area contributed by atoms with Gasteiger partial charge in [0.25, 0.3) is 0 Å². The molecule has 4 nitrogen and oxygen atoms in total. The van der Waals surface area contributed by atoms with Gasteiger partial charge in [-0.2, -0.15) is 0 Å². The fraction of sp³-hybridized carbons (Fsp3) is 0.333. The van der Waals surface area contributed by atoms with Gasteiger partial charge in [0.15, 0.2) is 0 Å². The Kier molecular flexibility index (Phi) is 4.69. The highest BCUT2D eigenvalue weighted by atomic mass is 79.9. The van der Waals surface area contributed by atoms with Gasteiger partial charge >= 0.3 is 5.97 Å². The number of rotatable bonds is 4. The topological polar surface area (TPSA) is 66.4 Å². The predicted molar refractivity (Wildman–Crippen MR) is 67.8 cm³/mol. The Bertz CT molecular complexity index is 445. The van der Waals surface area contributed by atoms with E-state index in [1.807, 2.05) is 25.1 Å². The van der Waals surface area contributed by atoms with Crippen LogP contribution in [0.15, 0.2) is 22.7 Å². The monoisotopic (exact) mass is 299 g/mol. The van der Waals surface area contributed by atoms with Crippen molar-refractivity contribution in [3.05, 3.63) is 33.8 Å². The van der Waals surface area contributed by atoms with Crippen LogP contribution in [0.2, 0.25) is 0 Å². The number of carboxylic acid groups (broad SMARTS) is 1. The van der Waals surface area contributed by atoms with Gasteiger partial charge in [-0.3, -0.25) is 9.59 Å². The summed E-state index contributed by atoms with van der Waals surface area (Å²) in [4.78, 5) is 22.2. The Balaban J connectivity index is 2.65. The largest absolute Gasteiger partial charge is 0.480 e. The van der Waals surface area contributed by atoms with Crippen LogP contribution in [0.5, 0.6) is 0 Å². The third-order valence-corrected chi connectivity index (χ3v) is 2.90. The molecule has 1 amide bonds. The van der Waals surface area contributed by atoms with Crippen molar-refractivity contribution in [2.45, 2.75) is 26.3 Å². The lowest BCUT2D eigenvalue weighted by atomic mass is 10.1. The SMILES string of the molecule is Cc1cc(Br)ccc1CC(=O)N[C@H](C)C(=O)O. The molecule has 1 atom stereocenters. The van der Waals surface area contributed by atoms with E-state index >= 15 is 0 Å². The average Bonchev–Trinajstić information content (AvgIpc) is 2.22. The average molecular weight is 300 g/mol. The number of carboxylic acids is 1. The summed E-state index contributed by atoms with van der Waals surface area (Å²) in [5.74, 6) is -1.32. The van der Waals surface area contributed by atoms with Crippen LogP contribution < -0.4 is 5.32 Å². The number of hydrogen-bond donors (Lipinski definition) is 2. The molecular formula is C12H14BrNO3. The van der Waals surface area contributed by atoms with E-state index in [0.29, 0.717) is 0 Å². The lowest BCUT2D eigenvalue weighted by Gasteiger charge is -2.10. The molecule has 0 unspecified atom stereocenters. The van der Waals surface area contributed by atoms with E-state index in [1.165, 1.54) is 6.92 Å². The second-order valence-electron chi connectivity index (χ2n) is 3.88. The molecule has 0 saturated heterocycles. The Labute approximate surface area is 108 Å². The zero-order chi connectivity index (χ0) is 13.0. The molecule has 17 heavy (non-hydrogen) atoms. The van der Waals surface area contributed by atoms with Crippen molar-refractivity contribution in [1.82, 2.24) is 5.32 Å². The van der Waals surface area contributed by atoms with E-state index in [2.05, 4.69) is 21.2 Å². The number of aliphatic carboxylic acids is 1. The standard InChI is InChI=1S/C12H14BrNO3/c1-7-5-10(13)4-3-9(7)6-11(15)14-8(2)12(16)17/h3-5,8H,6H2,1-2H3,(H,14,15)(H,16,17)/t8-/m1/s1. The van der Waals surface area contributed by atoms with Crippen LogP contribution >= 0.6 is 15.9 Å².